The molecule has 3 aromatic rings. The second-order valence-electron chi connectivity index (χ2n) is 7.78. The molecule has 9 nitrogen and oxygen atoms in total. The molecule has 0 unspecified atom stereocenters. The molecule has 0 saturated carbocycles. The summed E-state index contributed by atoms with van der Waals surface area (Å²) in [4.78, 5) is 42.1. The van der Waals surface area contributed by atoms with Gasteiger partial charge in [-0.2, -0.15) is 0 Å². The maximum atomic E-state index is 13.1. The third-order valence-electron chi connectivity index (χ3n) is 5.31. The van der Waals surface area contributed by atoms with E-state index in [9.17, 15) is 19.7 Å². The van der Waals surface area contributed by atoms with E-state index in [0.29, 0.717) is 26.8 Å². The largest absolute Gasteiger partial charge is 0.386 e. The molecule has 4 rings (SSSR count). The summed E-state index contributed by atoms with van der Waals surface area (Å²) in [5, 5.41) is 21.3. The van der Waals surface area contributed by atoms with Crippen LogP contribution >= 0.6 is 22.9 Å². The molecule has 11 heteroatoms. The van der Waals surface area contributed by atoms with Crippen molar-refractivity contribution in [1.29, 1.82) is 0 Å². The molecular formula is C24H21ClN4O5S. The van der Waals surface area contributed by atoms with Crippen molar-refractivity contribution in [2.75, 3.05) is 17.2 Å². The summed E-state index contributed by atoms with van der Waals surface area (Å²) in [6.07, 6.45) is 4.94. The Hall–Kier alpha value is -3.76. The number of non-ortho nitro benzene ring substituents is 1. The normalized spacial score (nSPS) is 12.7. The lowest BCUT2D eigenvalue weighted by molar-refractivity contribution is -0.384. The van der Waals surface area contributed by atoms with Gasteiger partial charge in [0, 0.05) is 33.3 Å². The zero-order valence-electron chi connectivity index (χ0n) is 18.5. The van der Waals surface area contributed by atoms with E-state index in [1.54, 1.807) is 30.3 Å². The van der Waals surface area contributed by atoms with Crippen molar-refractivity contribution in [3.05, 3.63) is 85.2 Å². The number of rotatable bonds is 8. The number of hydrogen-bond acceptors (Lipinski definition) is 7. The number of thiophene rings is 1. The van der Waals surface area contributed by atoms with Gasteiger partial charge < -0.3 is 15.5 Å². The first kappa shape index (κ1) is 24.4. The Morgan fingerprint density at radius 3 is 2.69 bits per heavy atom. The predicted octanol–water partition coefficient (Wildman–Crippen LogP) is 5.43. The molecule has 180 valence electrons. The van der Waals surface area contributed by atoms with Crippen LogP contribution in [-0.4, -0.2) is 29.6 Å². The molecule has 0 spiro atoms. The SMILES string of the molecule is O=C(CO/N=C/c1cccc([N+](=O)[O-])c1)Nc1sc2c(c1C(=O)Nc1ccc(Cl)cc1)CCCC2. The Kier molecular flexibility index (Phi) is 7.74. The molecule has 1 aliphatic carbocycles. The van der Waals surface area contributed by atoms with Gasteiger partial charge in [-0.25, -0.2) is 0 Å². The topological polar surface area (TPSA) is 123 Å². The summed E-state index contributed by atoms with van der Waals surface area (Å²) >= 11 is 7.32. The number of fused-ring (bicyclic) bond motifs is 1. The fraction of sp³-hybridized carbons (Fsp3) is 0.208. The van der Waals surface area contributed by atoms with Crippen LogP contribution in [0, 0.1) is 10.1 Å². The molecule has 2 aromatic carbocycles. The zero-order valence-corrected chi connectivity index (χ0v) is 20.0. The van der Waals surface area contributed by atoms with Gasteiger partial charge in [-0.15, -0.1) is 11.3 Å². The van der Waals surface area contributed by atoms with Crippen molar-refractivity contribution in [3.63, 3.8) is 0 Å². The minimum Gasteiger partial charge on any atom is -0.386 e. The molecule has 35 heavy (non-hydrogen) atoms. The number of carbonyl (C=O) groups excluding carboxylic acids is 2. The van der Waals surface area contributed by atoms with Gasteiger partial charge in [0.05, 0.1) is 16.7 Å². The number of benzene rings is 2. The van der Waals surface area contributed by atoms with Crippen molar-refractivity contribution >= 4 is 57.3 Å². The maximum Gasteiger partial charge on any atom is 0.270 e. The van der Waals surface area contributed by atoms with Crippen LogP contribution in [0.15, 0.2) is 53.7 Å². The van der Waals surface area contributed by atoms with Gasteiger partial charge in [-0.1, -0.05) is 28.9 Å². The highest BCUT2D eigenvalue weighted by Crippen LogP contribution is 2.38. The number of nitrogens with one attached hydrogen (secondary N) is 2. The Morgan fingerprint density at radius 1 is 1.14 bits per heavy atom. The highest BCUT2D eigenvalue weighted by atomic mass is 35.5. The van der Waals surface area contributed by atoms with E-state index in [0.717, 1.165) is 36.1 Å². The minimum atomic E-state index is -0.507. The summed E-state index contributed by atoms with van der Waals surface area (Å²) in [6, 6.07) is 12.7. The lowest BCUT2D eigenvalue weighted by Gasteiger charge is -2.13. The fourth-order valence-corrected chi connectivity index (χ4v) is 5.13. The van der Waals surface area contributed by atoms with E-state index in [1.807, 2.05) is 0 Å². The van der Waals surface area contributed by atoms with Crippen molar-refractivity contribution in [2.45, 2.75) is 25.7 Å². The number of nitro benzene ring substituents is 1. The van der Waals surface area contributed by atoms with E-state index in [2.05, 4.69) is 15.8 Å². The van der Waals surface area contributed by atoms with E-state index in [4.69, 9.17) is 16.4 Å². The number of aryl methyl sites for hydroxylation is 1. The van der Waals surface area contributed by atoms with Gasteiger partial charge in [0.1, 0.15) is 5.00 Å². The third-order valence-corrected chi connectivity index (χ3v) is 6.77. The number of anilines is 2. The Bertz CT molecular complexity index is 1290. The van der Waals surface area contributed by atoms with Crippen LogP contribution < -0.4 is 10.6 Å². The van der Waals surface area contributed by atoms with Crippen LogP contribution in [0.5, 0.6) is 0 Å². The van der Waals surface area contributed by atoms with E-state index < -0.39 is 10.8 Å². The molecule has 0 bridgehead atoms. The summed E-state index contributed by atoms with van der Waals surface area (Å²) in [6.45, 7) is -0.383. The Balaban J connectivity index is 1.42. The summed E-state index contributed by atoms with van der Waals surface area (Å²) < 4.78 is 0. The van der Waals surface area contributed by atoms with Crippen LogP contribution in [0.25, 0.3) is 0 Å². The Labute approximate surface area is 209 Å². The minimum absolute atomic E-state index is 0.0715. The van der Waals surface area contributed by atoms with Crippen LogP contribution in [0.3, 0.4) is 0 Å². The number of halogens is 1. The molecule has 0 aliphatic heterocycles. The second kappa shape index (κ2) is 11.1. The first-order valence-electron chi connectivity index (χ1n) is 10.8. The highest BCUT2D eigenvalue weighted by molar-refractivity contribution is 7.17. The van der Waals surface area contributed by atoms with Crippen molar-refractivity contribution in [1.82, 2.24) is 0 Å². The van der Waals surface area contributed by atoms with Crippen molar-refractivity contribution in [2.24, 2.45) is 5.16 Å². The number of amides is 2. The molecule has 1 heterocycles. The molecule has 0 atom stereocenters. The smallest absolute Gasteiger partial charge is 0.270 e. The maximum absolute atomic E-state index is 13.1. The standard InChI is InChI=1S/C24H21ClN4O5S/c25-16-8-10-17(11-9-16)27-23(31)22-19-6-1-2-7-20(19)35-24(22)28-21(30)14-34-26-13-15-4-3-5-18(12-15)29(32)33/h3-5,8-13H,1-2,6-7,14H2,(H,27,31)(H,28,30)/b26-13+. The lowest BCUT2D eigenvalue weighted by Crippen LogP contribution is -2.20. The predicted molar refractivity (Wildman–Crippen MR) is 136 cm³/mol. The zero-order chi connectivity index (χ0) is 24.8. The molecule has 2 amide bonds. The van der Waals surface area contributed by atoms with Crippen LogP contribution in [0.4, 0.5) is 16.4 Å². The van der Waals surface area contributed by atoms with Crippen molar-refractivity contribution in [3.8, 4) is 0 Å². The average Bonchev–Trinajstić information content (AvgIpc) is 3.21. The number of nitro groups is 1. The van der Waals surface area contributed by atoms with Gasteiger partial charge in [0.2, 0.25) is 0 Å². The van der Waals surface area contributed by atoms with E-state index in [-0.39, 0.29) is 18.2 Å². The summed E-state index contributed by atoms with van der Waals surface area (Å²) in [7, 11) is 0. The van der Waals surface area contributed by atoms with Crippen molar-refractivity contribution < 1.29 is 19.3 Å². The van der Waals surface area contributed by atoms with Crippen LogP contribution in [-0.2, 0) is 22.5 Å². The van der Waals surface area contributed by atoms with Crippen LogP contribution in [0.1, 0.15) is 39.2 Å². The molecular weight excluding hydrogens is 492 g/mol. The van der Waals surface area contributed by atoms with Gasteiger partial charge in [0.15, 0.2) is 6.61 Å². The first-order chi connectivity index (χ1) is 16.9. The van der Waals surface area contributed by atoms with Gasteiger partial charge in [-0.3, -0.25) is 19.7 Å². The molecule has 0 radical (unpaired) electrons. The van der Waals surface area contributed by atoms with Gasteiger partial charge in [-0.05, 0) is 55.5 Å². The van der Waals surface area contributed by atoms with Gasteiger partial charge in [0.25, 0.3) is 17.5 Å². The summed E-state index contributed by atoms with van der Waals surface area (Å²) in [5.74, 6) is -0.771. The monoisotopic (exact) mass is 512 g/mol. The molecule has 0 saturated heterocycles. The second-order valence-corrected chi connectivity index (χ2v) is 9.33. The molecule has 1 aliphatic rings. The highest BCUT2D eigenvalue weighted by Gasteiger charge is 2.26. The third kappa shape index (κ3) is 6.23. The fourth-order valence-electron chi connectivity index (χ4n) is 3.70. The lowest BCUT2D eigenvalue weighted by atomic mass is 9.95. The molecule has 2 N–H and O–H groups in total. The quantitative estimate of drug-likeness (QED) is 0.236. The number of hydrogen-bond donors (Lipinski definition) is 2. The number of nitrogens with zero attached hydrogens (tertiary/aromatic N) is 2. The number of oxime groups is 1. The van der Waals surface area contributed by atoms with Gasteiger partial charge >= 0.3 is 0 Å². The number of carbonyl (C=O) groups is 2. The van der Waals surface area contributed by atoms with E-state index >= 15 is 0 Å². The first-order valence-corrected chi connectivity index (χ1v) is 12.0. The molecule has 1 aromatic heterocycles. The molecule has 0 fully saturated rings. The van der Waals surface area contributed by atoms with E-state index in [1.165, 1.54) is 35.8 Å². The average molecular weight is 513 g/mol. The summed E-state index contributed by atoms with van der Waals surface area (Å²) in [5.41, 5.74) is 2.43. The Morgan fingerprint density at radius 2 is 1.91 bits per heavy atom. The van der Waals surface area contributed by atoms with Crippen LogP contribution in [0.2, 0.25) is 5.02 Å².